The van der Waals surface area contributed by atoms with Gasteiger partial charge in [0.05, 0.1) is 18.7 Å². The maximum atomic E-state index is 12.7. The van der Waals surface area contributed by atoms with Crippen LogP contribution in [0.25, 0.3) is 10.9 Å². The topological polar surface area (TPSA) is 71.4 Å². The molecular formula is C19H26BrN3O2. The predicted molar refractivity (Wildman–Crippen MR) is 103 cm³/mol. The Morgan fingerprint density at radius 3 is 2.88 bits per heavy atom. The van der Waals surface area contributed by atoms with E-state index in [9.17, 15) is 4.79 Å². The molecule has 1 fully saturated rings. The number of hydrogen-bond donors (Lipinski definition) is 2. The predicted octanol–water partition coefficient (Wildman–Crippen LogP) is 3.42. The molecule has 1 unspecified atom stereocenters. The van der Waals surface area contributed by atoms with E-state index in [1.54, 1.807) is 4.90 Å². The monoisotopic (exact) mass is 407 g/mol. The highest BCUT2D eigenvalue weighted by molar-refractivity contribution is 9.10. The lowest BCUT2D eigenvalue weighted by molar-refractivity contribution is -0.148. The first-order valence-corrected chi connectivity index (χ1v) is 9.49. The van der Waals surface area contributed by atoms with Gasteiger partial charge in [0.1, 0.15) is 5.72 Å². The largest absolute Gasteiger partial charge is 0.361 e. The van der Waals surface area contributed by atoms with Gasteiger partial charge in [0.2, 0.25) is 5.91 Å². The molecule has 1 aliphatic rings. The molecule has 1 aromatic heterocycles. The number of carbonyl (C=O) groups is 1. The zero-order valence-corrected chi connectivity index (χ0v) is 16.8. The number of aromatic amines is 1. The molecular weight excluding hydrogens is 382 g/mol. The van der Waals surface area contributed by atoms with Crippen molar-refractivity contribution in [2.45, 2.75) is 52.0 Å². The van der Waals surface area contributed by atoms with Crippen molar-refractivity contribution in [2.24, 2.45) is 11.7 Å². The number of nitrogens with one attached hydrogen (secondary N) is 1. The second-order valence-corrected chi connectivity index (χ2v) is 8.44. The fraction of sp³-hybridized carbons (Fsp3) is 0.526. The second kappa shape index (κ2) is 6.74. The Morgan fingerprint density at radius 2 is 2.20 bits per heavy atom. The number of halogens is 1. The minimum absolute atomic E-state index is 0.0393. The molecule has 136 valence electrons. The van der Waals surface area contributed by atoms with Gasteiger partial charge in [-0.1, -0.05) is 35.8 Å². The van der Waals surface area contributed by atoms with Gasteiger partial charge < -0.3 is 20.4 Å². The van der Waals surface area contributed by atoms with Crippen LogP contribution in [-0.2, 0) is 16.0 Å². The van der Waals surface area contributed by atoms with E-state index in [4.69, 9.17) is 10.5 Å². The minimum Gasteiger partial charge on any atom is -0.361 e. The van der Waals surface area contributed by atoms with Crippen LogP contribution >= 0.6 is 15.9 Å². The van der Waals surface area contributed by atoms with Crippen molar-refractivity contribution in [1.29, 1.82) is 0 Å². The number of carbonyl (C=O) groups excluding carboxylic acids is 1. The van der Waals surface area contributed by atoms with E-state index >= 15 is 0 Å². The van der Waals surface area contributed by atoms with Crippen LogP contribution < -0.4 is 5.73 Å². The van der Waals surface area contributed by atoms with Crippen molar-refractivity contribution in [3.8, 4) is 0 Å². The molecule has 0 aliphatic carbocycles. The summed E-state index contributed by atoms with van der Waals surface area (Å²) in [6.45, 7) is 8.36. The highest BCUT2D eigenvalue weighted by Crippen LogP contribution is 2.33. The van der Waals surface area contributed by atoms with E-state index in [2.05, 4.69) is 27.0 Å². The van der Waals surface area contributed by atoms with Crippen LogP contribution in [0.3, 0.4) is 0 Å². The molecule has 3 rings (SSSR count). The van der Waals surface area contributed by atoms with Crippen molar-refractivity contribution >= 4 is 32.7 Å². The number of nitrogens with zero attached hydrogens (tertiary/aromatic N) is 1. The van der Waals surface area contributed by atoms with E-state index in [0.717, 1.165) is 16.4 Å². The average molecular weight is 408 g/mol. The van der Waals surface area contributed by atoms with Crippen LogP contribution in [0.15, 0.2) is 28.9 Å². The third kappa shape index (κ3) is 3.48. The van der Waals surface area contributed by atoms with Crippen LogP contribution in [0.1, 0.15) is 33.3 Å². The standard InChI is InChI=1S/C19H26BrN3O2/c1-11(2)17(21)18(24)23-10-13(25-19(23,3)4)8-12-9-22-15-7-5-6-14(20)16(12)15/h5-7,9,11,13,17,22H,8,10,21H2,1-4H3/t13-,17?/m0/s1. The van der Waals surface area contributed by atoms with Crippen LogP contribution in [0.4, 0.5) is 0 Å². The number of amides is 1. The number of H-pyrrole nitrogens is 1. The van der Waals surface area contributed by atoms with E-state index in [1.807, 2.05) is 46.0 Å². The minimum atomic E-state index is -0.641. The first-order chi connectivity index (χ1) is 11.7. The Hall–Kier alpha value is -1.37. The Balaban J connectivity index is 1.80. The van der Waals surface area contributed by atoms with E-state index in [1.165, 1.54) is 10.9 Å². The van der Waals surface area contributed by atoms with Gasteiger partial charge in [-0.3, -0.25) is 4.79 Å². The third-order valence-electron chi connectivity index (χ3n) is 4.94. The first-order valence-electron chi connectivity index (χ1n) is 8.70. The third-order valence-corrected chi connectivity index (χ3v) is 5.61. The summed E-state index contributed by atoms with van der Waals surface area (Å²) < 4.78 is 7.26. The molecule has 0 bridgehead atoms. The van der Waals surface area contributed by atoms with E-state index in [0.29, 0.717) is 6.54 Å². The van der Waals surface area contributed by atoms with Gasteiger partial charge >= 0.3 is 0 Å². The molecule has 1 amide bonds. The van der Waals surface area contributed by atoms with Crippen LogP contribution in [-0.4, -0.2) is 40.2 Å². The molecule has 0 saturated carbocycles. The van der Waals surface area contributed by atoms with Gasteiger partial charge in [-0.25, -0.2) is 0 Å². The molecule has 5 nitrogen and oxygen atoms in total. The zero-order valence-electron chi connectivity index (χ0n) is 15.2. The number of fused-ring (bicyclic) bond motifs is 1. The van der Waals surface area contributed by atoms with Gasteiger partial charge in [0, 0.05) is 28.0 Å². The molecule has 6 heteroatoms. The molecule has 2 aromatic rings. The molecule has 1 aliphatic heterocycles. The summed E-state index contributed by atoms with van der Waals surface area (Å²) in [6.07, 6.45) is 2.72. The molecule has 0 radical (unpaired) electrons. The maximum absolute atomic E-state index is 12.7. The van der Waals surface area contributed by atoms with Crippen molar-refractivity contribution in [1.82, 2.24) is 9.88 Å². The van der Waals surface area contributed by atoms with Crippen LogP contribution in [0.5, 0.6) is 0 Å². The Labute approximate surface area is 157 Å². The molecule has 25 heavy (non-hydrogen) atoms. The van der Waals surface area contributed by atoms with E-state index in [-0.39, 0.29) is 17.9 Å². The smallest absolute Gasteiger partial charge is 0.242 e. The molecule has 1 aromatic carbocycles. The number of nitrogens with two attached hydrogens (primary N) is 1. The van der Waals surface area contributed by atoms with Gasteiger partial charge in [-0.05, 0) is 37.5 Å². The number of ether oxygens (including phenoxy) is 1. The first kappa shape index (κ1) is 18.4. The summed E-state index contributed by atoms with van der Waals surface area (Å²) in [7, 11) is 0. The van der Waals surface area contributed by atoms with Crippen molar-refractivity contribution in [2.75, 3.05) is 6.54 Å². The number of rotatable bonds is 4. The van der Waals surface area contributed by atoms with Crippen LogP contribution in [0.2, 0.25) is 0 Å². The van der Waals surface area contributed by atoms with Crippen LogP contribution in [0, 0.1) is 5.92 Å². The molecule has 2 atom stereocenters. The summed E-state index contributed by atoms with van der Waals surface area (Å²) in [5, 5.41) is 1.17. The second-order valence-electron chi connectivity index (χ2n) is 7.59. The summed E-state index contributed by atoms with van der Waals surface area (Å²) in [5.74, 6) is 0.0644. The quantitative estimate of drug-likeness (QED) is 0.815. The fourth-order valence-electron chi connectivity index (χ4n) is 3.47. The Morgan fingerprint density at radius 1 is 1.48 bits per heavy atom. The lowest BCUT2D eigenvalue weighted by Crippen LogP contribution is -2.52. The van der Waals surface area contributed by atoms with Gasteiger partial charge in [0.25, 0.3) is 0 Å². The average Bonchev–Trinajstić information content (AvgIpc) is 3.07. The van der Waals surface area contributed by atoms with E-state index < -0.39 is 11.8 Å². The summed E-state index contributed by atoms with van der Waals surface area (Å²) in [6, 6.07) is 5.61. The normalized spacial score (nSPS) is 21.2. The SMILES string of the molecule is CC(C)C(N)C(=O)N1C[C@H](Cc2c[nH]c3cccc(Br)c23)OC1(C)C. The Bertz CT molecular complexity index is 784. The maximum Gasteiger partial charge on any atom is 0.242 e. The zero-order chi connectivity index (χ0) is 18.4. The number of aromatic nitrogens is 1. The van der Waals surface area contributed by atoms with Crippen molar-refractivity contribution < 1.29 is 9.53 Å². The van der Waals surface area contributed by atoms with Crippen molar-refractivity contribution in [3.05, 3.63) is 34.4 Å². The highest BCUT2D eigenvalue weighted by atomic mass is 79.9. The summed E-state index contributed by atoms with van der Waals surface area (Å²) in [5.41, 5.74) is 7.72. The highest BCUT2D eigenvalue weighted by Gasteiger charge is 2.44. The Kier molecular flexibility index (Phi) is 4.97. The lowest BCUT2D eigenvalue weighted by Gasteiger charge is -2.32. The van der Waals surface area contributed by atoms with Crippen molar-refractivity contribution in [3.63, 3.8) is 0 Å². The lowest BCUT2D eigenvalue weighted by atomic mass is 10.0. The number of hydrogen-bond acceptors (Lipinski definition) is 3. The molecule has 1 saturated heterocycles. The molecule has 3 N–H and O–H groups in total. The summed E-state index contributed by atoms with van der Waals surface area (Å²) >= 11 is 3.63. The number of benzene rings is 1. The molecule has 2 heterocycles. The summed E-state index contributed by atoms with van der Waals surface area (Å²) in [4.78, 5) is 17.8. The van der Waals surface area contributed by atoms with Gasteiger partial charge in [-0.2, -0.15) is 0 Å². The fourth-order valence-corrected chi connectivity index (χ4v) is 4.09. The molecule has 0 spiro atoms. The van der Waals surface area contributed by atoms with Gasteiger partial charge in [0.15, 0.2) is 0 Å². The van der Waals surface area contributed by atoms with Gasteiger partial charge in [-0.15, -0.1) is 0 Å².